The third-order valence-electron chi connectivity index (χ3n) is 4.05. The number of hydrogen-bond donors (Lipinski definition) is 1. The number of amides is 1. The van der Waals surface area contributed by atoms with Gasteiger partial charge in [-0.2, -0.15) is 0 Å². The molecule has 0 bridgehead atoms. The van der Waals surface area contributed by atoms with E-state index in [0.29, 0.717) is 6.04 Å². The number of hydrogen-bond acceptors (Lipinski definition) is 3. The first kappa shape index (κ1) is 12.8. The second-order valence-electron chi connectivity index (χ2n) is 6.02. The first-order chi connectivity index (χ1) is 7.98. The van der Waals surface area contributed by atoms with Crippen LogP contribution in [0, 0.1) is 0 Å². The van der Waals surface area contributed by atoms with Crippen LogP contribution in [0.4, 0.5) is 0 Å². The summed E-state index contributed by atoms with van der Waals surface area (Å²) >= 11 is 0. The monoisotopic (exact) mass is 239 g/mol. The van der Waals surface area contributed by atoms with E-state index >= 15 is 0 Å². The Labute approximate surface area is 104 Å². The molecule has 0 saturated carbocycles. The zero-order valence-corrected chi connectivity index (χ0v) is 11.3. The predicted octanol–water partition coefficient (Wildman–Crippen LogP) is 0.681. The summed E-state index contributed by atoms with van der Waals surface area (Å²) in [5.74, 6) is 0.219. The van der Waals surface area contributed by atoms with Gasteiger partial charge in [-0.3, -0.25) is 9.69 Å². The lowest BCUT2D eigenvalue weighted by molar-refractivity contribution is -0.128. The normalized spacial score (nSPS) is 30.3. The van der Waals surface area contributed by atoms with Crippen LogP contribution in [0.1, 0.15) is 33.6 Å². The van der Waals surface area contributed by atoms with Crippen molar-refractivity contribution in [3.63, 3.8) is 0 Å². The molecule has 4 heteroatoms. The van der Waals surface area contributed by atoms with Crippen LogP contribution in [0.5, 0.6) is 0 Å². The Morgan fingerprint density at radius 3 is 2.59 bits per heavy atom. The average Bonchev–Trinajstić information content (AvgIpc) is 2.51. The zero-order chi connectivity index (χ0) is 12.5. The lowest BCUT2D eigenvalue weighted by atomic mass is 10.0. The molecular weight excluding hydrogens is 214 g/mol. The van der Waals surface area contributed by atoms with E-state index in [-0.39, 0.29) is 11.4 Å². The minimum Gasteiger partial charge on any atom is -0.342 e. The molecule has 1 amide bonds. The smallest absolute Gasteiger partial charge is 0.219 e. The third-order valence-corrected chi connectivity index (χ3v) is 4.05. The summed E-state index contributed by atoms with van der Waals surface area (Å²) in [6, 6.07) is 0.650. The van der Waals surface area contributed by atoms with Gasteiger partial charge in [0.25, 0.3) is 0 Å². The lowest BCUT2D eigenvalue weighted by Crippen LogP contribution is -2.40. The van der Waals surface area contributed by atoms with E-state index in [1.165, 1.54) is 6.42 Å². The van der Waals surface area contributed by atoms with E-state index in [1.807, 2.05) is 4.90 Å². The molecule has 0 aromatic rings. The van der Waals surface area contributed by atoms with Crippen molar-refractivity contribution in [2.45, 2.75) is 45.2 Å². The lowest BCUT2D eigenvalue weighted by Gasteiger charge is -2.27. The van der Waals surface area contributed by atoms with E-state index < -0.39 is 0 Å². The van der Waals surface area contributed by atoms with Crippen LogP contribution in [0.15, 0.2) is 0 Å². The van der Waals surface area contributed by atoms with Crippen molar-refractivity contribution in [1.29, 1.82) is 0 Å². The number of nitrogens with zero attached hydrogens (tertiary/aromatic N) is 2. The number of rotatable bonds is 1. The van der Waals surface area contributed by atoms with Crippen LogP contribution in [0.2, 0.25) is 0 Å². The van der Waals surface area contributed by atoms with Gasteiger partial charge in [0.1, 0.15) is 0 Å². The molecular formula is C13H25N3O. The first-order valence-electron chi connectivity index (χ1n) is 6.72. The van der Waals surface area contributed by atoms with Gasteiger partial charge in [-0.15, -0.1) is 0 Å². The maximum absolute atomic E-state index is 11.4. The molecule has 1 atom stereocenters. The minimum absolute atomic E-state index is 0.219. The second-order valence-corrected chi connectivity index (χ2v) is 6.02. The molecule has 0 aliphatic carbocycles. The van der Waals surface area contributed by atoms with Crippen LogP contribution in [-0.4, -0.2) is 60.0 Å². The van der Waals surface area contributed by atoms with Gasteiger partial charge in [0, 0.05) is 51.2 Å². The van der Waals surface area contributed by atoms with E-state index in [0.717, 1.165) is 39.1 Å². The molecule has 1 unspecified atom stereocenters. The van der Waals surface area contributed by atoms with E-state index in [4.69, 9.17) is 0 Å². The zero-order valence-electron chi connectivity index (χ0n) is 11.3. The first-order valence-corrected chi connectivity index (χ1v) is 6.72. The number of nitrogens with one attached hydrogen (secondary N) is 1. The highest BCUT2D eigenvalue weighted by atomic mass is 16.2. The van der Waals surface area contributed by atoms with Gasteiger partial charge in [-0.25, -0.2) is 0 Å². The van der Waals surface area contributed by atoms with Gasteiger partial charge in [0.2, 0.25) is 5.91 Å². The van der Waals surface area contributed by atoms with Crippen LogP contribution in [0.25, 0.3) is 0 Å². The molecule has 0 aromatic carbocycles. The molecule has 2 saturated heterocycles. The van der Waals surface area contributed by atoms with Crippen molar-refractivity contribution in [3.8, 4) is 0 Å². The van der Waals surface area contributed by atoms with E-state index in [1.54, 1.807) is 6.92 Å². The van der Waals surface area contributed by atoms with Crippen LogP contribution >= 0.6 is 0 Å². The van der Waals surface area contributed by atoms with Gasteiger partial charge in [-0.1, -0.05) is 0 Å². The fraction of sp³-hybridized carbons (Fsp3) is 0.923. The molecule has 4 nitrogen and oxygen atoms in total. The van der Waals surface area contributed by atoms with Gasteiger partial charge >= 0.3 is 0 Å². The summed E-state index contributed by atoms with van der Waals surface area (Å²) in [5.41, 5.74) is 0.275. The summed E-state index contributed by atoms with van der Waals surface area (Å²) in [4.78, 5) is 15.9. The Balaban J connectivity index is 1.89. The fourth-order valence-corrected chi connectivity index (χ4v) is 3.00. The minimum atomic E-state index is 0.219. The summed E-state index contributed by atoms with van der Waals surface area (Å²) < 4.78 is 0. The highest BCUT2D eigenvalue weighted by molar-refractivity contribution is 5.73. The molecule has 2 aliphatic heterocycles. The molecule has 2 rings (SSSR count). The average molecular weight is 239 g/mol. The Kier molecular flexibility index (Phi) is 3.73. The Hall–Kier alpha value is -0.610. The van der Waals surface area contributed by atoms with Crippen molar-refractivity contribution >= 4 is 5.91 Å². The molecule has 98 valence electrons. The molecule has 2 aliphatic rings. The summed E-state index contributed by atoms with van der Waals surface area (Å²) in [6.45, 7) is 11.3. The highest BCUT2D eigenvalue weighted by Crippen LogP contribution is 2.23. The van der Waals surface area contributed by atoms with Crippen molar-refractivity contribution in [2.75, 3.05) is 32.7 Å². The predicted molar refractivity (Wildman–Crippen MR) is 68.9 cm³/mol. The second kappa shape index (κ2) is 4.94. The van der Waals surface area contributed by atoms with Crippen LogP contribution < -0.4 is 5.32 Å². The highest BCUT2D eigenvalue weighted by Gasteiger charge is 2.34. The maximum Gasteiger partial charge on any atom is 0.219 e. The molecule has 0 spiro atoms. The molecule has 1 N–H and O–H groups in total. The molecule has 2 fully saturated rings. The van der Waals surface area contributed by atoms with Crippen LogP contribution in [-0.2, 0) is 4.79 Å². The van der Waals surface area contributed by atoms with Gasteiger partial charge < -0.3 is 10.2 Å². The van der Waals surface area contributed by atoms with E-state index in [2.05, 4.69) is 24.1 Å². The Morgan fingerprint density at radius 1 is 1.24 bits per heavy atom. The maximum atomic E-state index is 11.4. The SMILES string of the molecule is CC(=O)N1CCCN(C2CNC(C)(C)C2)CC1. The third kappa shape index (κ3) is 3.19. The van der Waals surface area contributed by atoms with Gasteiger partial charge in [0.05, 0.1) is 0 Å². The van der Waals surface area contributed by atoms with Gasteiger partial charge in [-0.05, 0) is 26.7 Å². The van der Waals surface area contributed by atoms with Gasteiger partial charge in [0.15, 0.2) is 0 Å². The van der Waals surface area contributed by atoms with Crippen molar-refractivity contribution < 1.29 is 4.79 Å². The standard InChI is InChI=1S/C13H25N3O/c1-11(17)15-5-4-6-16(8-7-15)12-9-13(2,3)14-10-12/h12,14H,4-10H2,1-3H3. The molecule has 0 aromatic heterocycles. The Morgan fingerprint density at radius 2 is 2.00 bits per heavy atom. The molecule has 17 heavy (non-hydrogen) atoms. The van der Waals surface area contributed by atoms with Crippen molar-refractivity contribution in [1.82, 2.24) is 15.1 Å². The summed E-state index contributed by atoms with van der Waals surface area (Å²) in [6.07, 6.45) is 2.32. The number of carbonyl (C=O) groups excluding carboxylic acids is 1. The number of carbonyl (C=O) groups is 1. The van der Waals surface area contributed by atoms with Crippen molar-refractivity contribution in [2.24, 2.45) is 0 Å². The topological polar surface area (TPSA) is 35.6 Å². The molecule has 2 heterocycles. The molecule has 0 radical (unpaired) electrons. The van der Waals surface area contributed by atoms with Crippen molar-refractivity contribution in [3.05, 3.63) is 0 Å². The quantitative estimate of drug-likeness (QED) is 0.731. The fourth-order valence-electron chi connectivity index (χ4n) is 3.00. The summed E-state index contributed by atoms with van der Waals surface area (Å²) in [5, 5.41) is 3.58. The van der Waals surface area contributed by atoms with E-state index in [9.17, 15) is 4.79 Å². The summed E-state index contributed by atoms with van der Waals surface area (Å²) in [7, 11) is 0. The van der Waals surface area contributed by atoms with Crippen LogP contribution in [0.3, 0.4) is 0 Å². The Bertz CT molecular complexity index is 290. The largest absolute Gasteiger partial charge is 0.342 e.